The Morgan fingerprint density at radius 2 is 1.71 bits per heavy atom. The summed E-state index contributed by atoms with van der Waals surface area (Å²) in [5.74, 6) is 0. The fraction of sp³-hybridized carbons (Fsp3) is 0.867. The van der Waals surface area contributed by atoms with Gasteiger partial charge < -0.3 is 10.2 Å². The van der Waals surface area contributed by atoms with E-state index < -0.39 is 0 Å². The highest BCUT2D eigenvalue weighted by Crippen LogP contribution is 2.35. The summed E-state index contributed by atoms with van der Waals surface area (Å²) in [6.07, 6.45) is 1.18. The average molecular weight is 238 g/mol. The molecular weight excluding hydrogens is 208 g/mol. The van der Waals surface area contributed by atoms with Crippen molar-refractivity contribution < 1.29 is 0 Å². The molecule has 17 heavy (non-hydrogen) atoms. The quantitative estimate of drug-likeness (QED) is 0.810. The van der Waals surface area contributed by atoms with Gasteiger partial charge in [-0.15, -0.1) is 0 Å². The fourth-order valence-corrected chi connectivity index (χ4v) is 2.54. The molecule has 2 unspecified atom stereocenters. The van der Waals surface area contributed by atoms with Crippen molar-refractivity contribution in [1.82, 2.24) is 10.2 Å². The molecule has 0 aromatic heterocycles. The molecule has 2 nitrogen and oxygen atoms in total. The Bertz CT molecular complexity index is 254. The van der Waals surface area contributed by atoms with Gasteiger partial charge in [-0.2, -0.15) is 0 Å². The van der Waals surface area contributed by atoms with Crippen LogP contribution in [-0.2, 0) is 0 Å². The van der Waals surface area contributed by atoms with Crippen molar-refractivity contribution in [1.29, 1.82) is 0 Å². The summed E-state index contributed by atoms with van der Waals surface area (Å²) in [4.78, 5) is 2.48. The van der Waals surface area contributed by atoms with Crippen LogP contribution in [0.4, 0.5) is 0 Å². The minimum atomic E-state index is 0.162. The topological polar surface area (TPSA) is 15.3 Å². The molecule has 0 radical (unpaired) electrons. The highest BCUT2D eigenvalue weighted by atomic mass is 15.3. The van der Waals surface area contributed by atoms with Gasteiger partial charge in [0.2, 0.25) is 0 Å². The molecule has 1 rings (SSSR count). The number of hydrogen-bond donors (Lipinski definition) is 1. The van der Waals surface area contributed by atoms with Gasteiger partial charge in [-0.3, -0.25) is 0 Å². The molecule has 0 aromatic carbocycles. The maximum Gasteiger partial charge on any atom is 0.0676 e. The van der Waals surface area contributed by atoms with E-state index in [1.54, 1.807) is 0 Å². The van der Waals surface area contributed by atoms with Gasteiger partial charge in [0.15, 0.2) is 0 Å². The highest BCUT2D eigenvalue weighted by molar-refractivity contribution is 5.22. The Labute approximate surface area is 107 Å². The summed E-state index contributed by atoms with van der Waals surface area (Å²) in [6, 6.07) is 1.07. The zero-order valence-electron chi connectivity index (χ0n) is 12.7. The Balaban J connectivity index is 2.66. The zero-order chi connectivity index (χ0) is 13.4. The monoisotopic (exact) mass is 238 g/mol. The summed E-state index contributed by atoms with van der Waals surface area (Å²) >= 11 is 0. The molecule has 1 aliphatic heterocycles. The molecular formula is C15H30N2. The first-order valence-electron chi connectivity index (χ1n) is 6.78. The lowest BCUT2D eigenvalue weighted by Crippen LogP contribution is -2.67. The summed E-state index contributed by atoms with van der Waals surface area (Å²) in [5.41, 5.74) is 1.76. The van der Waals surface area contributed by atoms with Crippen molar-refractivity contribution >= 4 is 0 Å². The van der Waals surface area contributed by atoms with Crippen molar-refractivity contribution in [2.45, 2.75) is 72.5 Å². The third-order valence-corrected chi connectivity index (χ3v) is 3.16. The van der Waals surface area contributed by atoms with E-state index in [1.165, 1.54) is 12.1 Å². The van der Waals surface area contributed by atoms with Crippen LogP contribution in [0.1, 0.15) is 54.9 Å². The molecule has 0 amide bonds. The Morgan fingerprint density at radius 3 is 2.06 bits per heavy atom. The molecule has 0 spiro atoms. The van der Waals surface area contributed by atoms with Crippen molar-refractivity contribution in [3.8, 4) is 0 Å². The molecule has 1 fully saturated rings. The first kappa shape index (κ1) is 14.6. The normalized spacial score (nSPS) is 26.1. The molecule has 1 aliphatic rings. The van der Waals surface area contributed by atoms with E-state index >= 15 is 0 Å². The van der Waals surface area contributed by atoms with Crippen LogP contribution in [0.3, 0.4) is 0 Å². The molecule has 0 aromatic rings. The van der Waals surface area contributed by atoms with Crippen LogP contribution in [0.15, 0.2) is 12.3 Å². The lowest BCUT2D eigenvalue weighted by molar-refractivity contribution is 0.0578. The van der Waals surface area contributed by atoms with E-state index in [9.17, 15) is 0 Å². The maximum absolute atomic E-state index is 4.25. The van der Waals surface area contributed by atoms with Crippen LogP contribution in [0.5, 0.6) is 0 Å². The smallest absolute Gasteiger partial charge is 0.0676 e. The predicted molar refractivity (Wildman–Crippen MR) is 76.1 cm³/mol. The van der Waals surface area contributed by atoms with E-state index in [0.717, 1.165) is 6.54 Å². The SMILES string of the molecule is C=C1C(NC(C)(C)C)C(CC)N1CC(C)(C)C. The first-order valence-corrected chi connectivity index (χ1v) is 6.78. The lowest BCUT2D eigenvalue weighted by Gasteiger charge is -2.55. The van der Waals surface area contributed by atoms with Gasteiger partial charge in [0.25, 0.3) is 0 Å². The van der Waals surface area contributed by atoms with Gasteiger partial charge in [0.1, 0.15) is 0 Å². The van der Waals surface area contributed by atoms with Crippen molar-refractivity contribution in [3.63, 3.8) is 0 Å². The number of nitrogens with one attached hydrogen (secondary N) is 1. The summed E-state index contributed by atoms with van der Waals surface area (Å²) < 4.78 is 0. The third kappa shape index (κ3) is 3.74. The van der Waals surface area contributed by atoms with Crippen molar-refractivity contribution in [3.05, 3.63) is 12.3 Å². The Kier molecular flexibility index (Phi) is 3.97. The first-order chi connectivity index (χ1) is 7.55. The van der Waals surface area contributed by atoms with Gasteiger partial charge in [0.05, 0.1) is 6.04 Å². The van der Waals surface area contributed by atoms with Crippen LogP contribution in [0, 0.1) is 5.41 Å². The van der Waals surface area contributed by atoms with Gasteiger partial charge in [-0.1, -0.05) is 34.3 Å². The largest absolute Gasteiger partial charge is 0.368 e. The molecule has 1 N–H and O–H groups in total. The Hall–Kier alpha value is -0.500. The maximum atomic E-state index is 4.25. The lowest BCUT2D eigenvalue weighted by atomic mass is 9.84. The summed E-state index contributed by atoms with van der Waals surface area (Å²) in [6.45, 7) is 21.2. The molecule has 100 valence electrons. The summed E-state index contributed by atoms with van der Waals surface area (Å²) in [5, 5.41) is 3.68. The minimum absolute atomic E-state index is 0.162. The van der Waals surface area contributed by atoms with Gasteiger partial charge in [-0.05, 0) is 32.6 Å². The van der Waals surface area contributed by atoms with Crippen LogP contribution in [0.25, 0.3) is 0 Å². The fourth-order valence-electron chi connectivity index (χ4n) is 2.54. The molecule has 2 heteroatoms. The van der Waals surface area contributed by atoms with Crippen LogP contribution in [-0.4, -0.2) is 29.1 Å². The van der Waals surface area contributed by atoms with E-state index in [2.05, 4.69) is 65.3 Å². The van der Waals surface area contributed by atoms with E-state index in [4.69, 9.17) is 0 Å². The number of nitrogens with zero attached hydrogens (tertiary/aromatic N) is 1. The standard InChI is InChI=1S/C15H30N2/c1-9-12-13(16-15(6,7)8)11(2)17(12)10-14(3,4)5/h12-13,16H,2,9-10H2,1,3-8H3. The summed E-state index contributed by atoms with van der Waals surface area (Å²) in [7, 11) is 0. The van der Waals surface area contributed by atoms with E-state index in [0.29, 0.717) is 17.5 Å². The zero-order valence-corrected chi connectivity index (χ0v) is 12.7. The van der Waals surface area contributed by atoms with Crippen molar-refractivity contribution in [2.24, 2.45) is 5.41 Å². The van der Waals surface area contributed by atoms with Crippen LogP contribution >= 0.6 is 0 Å². The van der Waals surface area contributed by atoms with E-state index in [-0.39, 0.29) is 5.54 Å². The Morgan fingerprint density at radius 1 is 1.18 bits per heavy atom. The molecule has 2 atom stereocenters. The second-order valence-electron chi connectivity index (χ2n) is 7.53. The number of hydrogen-bond acceptors (Lipinski definition) is 2. The molecule has 0 saturated carbocycles. The minimum Gasteiger partial charge on any atom is -0.368 e. The second kappa shape index (κ2) is 4.64. The average Bonchev–Trinajstić information content (AvgIpc) is 2.12. The molecule has 1 saturated heterocycles. The number of likely N-dealkylation sites (tertiary alicyclic amines) is 1. The number of rotatable bonds is 3. The van der Waals surface area contributed by atoms with E-state index in [1.807, 2.05) is 0 Å². The van der Waals surface area contributed by atoms with Crippen molar-refractivity contribution in [2.75, 3.05) is 6.54 Å². The highest BCUT2D eigenvalue weighted by Gasteiger charge is 2.43. The third-order valence-electron chi connectivity index (χ3n) is 3.16. The molecule has 0 bridgehead atoms. The van der Waals surface area contributed by atoms with Crippen LogP contribution < -0.4 is 5.32 Å². The second-order valence-corrected chi connectivity index (χ2v) is 7.53. The molecule has 0 aliphatic carbocycles. The molecule has 1 heterocycles. The van der Waals surface area contributed by atoms with Gasteiger partial charge in [-0.25, -0.2) is 0 Å². The van der Waals surface area contributed by atoms with Crippen LogP contribution in [0.2, 0.25) is 0 Å². The van der Waals surface area contributed by atoms with Gasteiger partial charge >= 0.3 is 0 Å². The van der Waals surface area contributed by atoms with Gasteiger partial charge in [0, 0.05) is 23.8 Å². The predicted octanol–water partition coefficient (Wildman–Crippen LogP) is 3.40.